The van der Waals surface area contributed by atoms with Crippen molar-refractivity contribution < 1.29 is 4.74 Å². The smallest absolute Gasteiger partial charge is 0.157 e. The zero-order valence-electron chi connectivity index (χ0n) is 11.2. The Bertz CT molecular complexity index is 328. The highest BCUT2D eigenvalue weighted by atomic mass is 32.2. The van der Waals surface area contributed by atoms with Crippen LogP contribution in [0.25, 0.3) is 0 Å². The molecule has 3 rings (SSSR count). The van der Waals surface area contributed by atoms with Crippen molar-refractivity contribution in [3.8, 4) is 0 Å². The molecule has 0 saturated carbocycles. The number of likely N-dealkylation sites (N-methyl/N-ethyl adjacent to an activating group) is 1. The Kier molecular flexibility index (Phi) is 3.82. The van der Waals surface area contributed by atoms with Crippen LogP contribution in [0.1, 0.15) is 25.7 Å². The lowest BCUT2D eigenvalue weighted by molar-refractivity contribution is 0.0555. The number of nitrogens with zero attached hydrogens (tertiary/aromatic N) is 2. The molecule has 3 saturated heterocycles. The predicted molar refractivity (Wildman–Crippen MR) is 76.3 cm³/mol. The fraction of sp³-hybridized carbons (Fsp3) is 0.923. The first-order valence-corrected chi connectivity index (χ1v) is 7.99. The molecule has 0 aromatic heterocycles. The van der Waals surface area contributed by atoms with Gasteiger partial charge in [-0.1, -0.05) is 11.8 Å². The van der Waals surface area contributed by atoms with Gasteiger partial charge in [0.1, 0.15) is 0 Å². The summed E-state index contributed by atoms with van der Waals surface area (Å²) in [4.78, 5) is 7.23. The zero-order valence-corrected chi connectivity index (χ0v) is 12.0. The molecule has 1 N–H and O–H groups in total. The van der Waals surface area contributed by atoms with Crippen LogP contribution in [0.4, 0.5) is 0 Å². The van der Waals surface area contributed by atoms with Crippen LogP contribution in [0.5, 0.6) is 0 Å². The number of ether oxygens (including phenoxy) is 1. The Morgan fingerprint density at radius 2 is 2.33 bits per heavy atom. The van der Waals surface area contributed by atoms with Crippen molar-refractivity contribution in [3.05, 3.63) is 0 Å². The van der Waals surface area contributed by atoms with E-state index < -0.39 is 0 Å². The number of nitrogens with one attached hydrogen (secondary N) is 1. The summed E-state index contributed by atoms with van der Waals surface area (Å²) in [7, 11) is 2.22. The summed E-state index contributed by atoms with van der Waals surface area (Å²) in [5.41, 5.74) is 0.281. The van der Waals surface area contributed by atoms with Crippen molar-refractivity contribution >= 4 is 16.9 Å². The first kappa shape index (κ1) is 12.8. The van der Waals surface area contributed by atoms with Gasteiger partial charge in [0.15, 0.2) is 5.17 Å². The summed E-state index contributed by atoms with van der Waals surface area (Å²) in [5, 5.41) is 4.82. The highest BCUT2D eigenvalue weighted by Gasteiger charge is 2.38. The van der Waals surface area contributed by atoms with Gasteiger partial charge in [-0.05, 0) is 39.3 Å². The molecular formula is C13H23N3OS. The molecule has 3 aliphatic rings. The third-order valence-electron chi connectivity index (χ3n) is 4.42. The van der Waals surface area contributed by atoms with Crippen LogP contribution in [0.2, 0.25) is 0 Å². The molecule has 0 aromatic carbocycles. The van der Waals surface area contributed by atoms with Crippen molar-refractivity contribution in [1.82, 2.24) is 10.2 Å². The van der Waals surface area contributed by atoms with Gasteiger partial charge in [-0.15, -0.1) is 0 Å². The maximum atomic E-state index is 5.45. The molecule has 18 heavy (non-hydrogen) atoms. The molecule has 0 radical (unpaired) electrons. The molecule has 102 valence electrons. The van der Waals surface area contributed by atoms with Crippen molar-refractivity contribution in [3.63, 3.8) is 0 Å². The summed E-state index contributed by atoms with van der Waals surface area (Å²) in [6.07, 6.45) is 4.88. The van der Waals surface area contributed by atoms with Crippen LogP contribution in [-0.4, -0.2) is 60.8 Å². The Balaban J connectivity index is 1.54. The Hall–Kier alpha value is -0.260. The van der Waals surface area contributed by atoms with E-state index in [1.807, 2.05) is 11.8 Å². The number of hydrogen-bond donors (Lipinski definition) is 1. The van der Waals surface area contributed by atoms with Gasteiger partial charge in [-0.2, -0.15) is 0 Å². The SMILES string of the molecule is CN1CCCC1CN=C1NC2(CCOCC2)CS1. The zero-order chi connectivity index (χ0) is 12.4. The van der Waals surface area contributed by atoms with Crippen LogP contribution in [0.3, 0.4) is 0 Å². The first-order chi connectivity index (χ1) is 8.77. The molecule has 0 aliphatic carbocycles. The van der Waals surface area contributed by atoms with E-state index in [4.69, 9.17) is 9.73 Å². The highest BCUT2D eigenvalue weighted by molar-refractivity contribution is 8.14. The third-order valence-corrected chi connectivity index (χ3v) is 5.63. The van der Waals surface area contributed by atoms with Gasteiger partial charge in [0.25, 0.3) is 0 Å². The van der Waals surface area contributed by atoms with E-state index in [1.54, 1.807) is 0 Å². The van der Waals surface area contributed by atoms with Crippen LogP contribution in [0, 0.1) is 0 Å². The molecule has 3 heterocycles. The van der Waals surface area contributed by atoms with Crippen LogP contribution in [0.15, 0.2) is 4.99 Å². The molecule has 5 heteroatoms. The van der Waals surface area contributed by atoms with E-state index in [-0.39, 0.29) is 5.54 Å². The monoisotopic (exact) mass is 269 g/mol. The second-order valence-corrected chi connectivity index (χ2v) is 6.69. The topological polar surface area (TPSA) is 36.9 Å². The minimum atomic E-state index is 0.281. The Morgan fingerprint density at radius 1 is 1.50 bits per heavy atom. The molecular weight excluding hydrogens is 246 g/mol. The van der Waals surface area contributed by atoms with E-state index in [0.29, 0.717) is 6.04 Å². The third kappa shape index (κ3) is 2.68. The fourth-order valence-electron chi connectivity index (χ4n) is 3.02. The van der Waals surface area contributed by atoms with Crippen LogP contribution >= 0.6 is 11.8 Å². The van der Waals surface area contributed by atoms with Gasteiger partial charge in [-0.25, -0.2) is 0 Å². The second kappa shape index (κ2) is 5.39. The summed E-state index contributed by atoms with van der Waals surface area (Å²) in [6.45, 7) is 3.98. The van der Waals surface area contributed by atoms with Crippen molar-refractivity contribution in [2.24, 2.45) is 4.99 Å². The molecule has 3 aliphatic heterocycles. The normalized spacial score (nSPS) is 34.3. The number of thioether (sulfide) groups is 1. The van der Waals surface area contributed by atoms with E-state index >= 15 is 0 Å². The van der Waals surface area contributed by atoms with E-state index in [0.717, 1.165) is 43.5 Å². The Labute approximate surface area is 114 Å². The van der Waals surface area contributed by atoms with Gasteiger partial charge in [-0.3, -0.25) is 4.99 Å². The minimum absolute atomic E-state index is 0.281. The molecule has 0 bridgehead atoms. The lowest BCUT2D eigenvalue weighted by atomic mass is 9.93. The van der Waals surface area contributed by atoms with Gasteiger partial charge in [0.05, 0.1) is 12.1 Å². The molecule has 1 atom stereocenters. The van der Waals surface area contributed by atoms with Crippen LogP contribution < -0.4 is 5.32 Å². The largest absolute Gasteiger partial charge is 0.381 e. The predicted octanol–water partition coefficient (Wildman–Crippen LogP) is 1.32. The van der Waals surface area contributed by atoms with Crippen molar-refractivity contribution in [2.75, 3.05) is 39.1 Å². The summed E-state index contributed by atoms with van der Waals surface area (Å²) < 4.78 is 5.45. The molecule has 0 aromatic rings. The number of rotatable bonds is 2. The average Bonchev–Trinajstić information content (AvgIpc) is 2.96. The minimum Gasteiger partial charge on any atom is -0.381 e. The lowest BCUT2D eigenvalue weighted by Crippen LogP contribution is -2.48. The summed E-state index contributed by atoms with van der Waals surface area (Å²) in [6, 6.07) is 0.658. The van der Waals surface area contributed by atoms with Crippen LogP contribution in [-0.2, 0) is 4.74 Å². The second-order valence-electron chi connectivity index (χ2n) is 5.73. The Morgan fingerprint density at radius 3 is 3.06 bits per heavy atom. The van der Waals surface area contributed by atoms with Gasteiger partial charge in [0.2, 0.25) is 0 Å². The number of hydrogen-bond acceptors (Lipinski definition) is 4. The van der Waals surface area contributed by atoms with E-state index in [1.165, 1.54) is 19.4 Å². The summed E-state index contributed by atoms with van der Waals surface area (Å²) in [5.74, 6) is 1.16. The van der Waals surface area contributed by atoms with Crippen molar-refractivity contribution in [2.45, 2.75) is 37.3 Å². The van der Waals surface area contributed by atoms with E-state index in [2.05, 4.69) is 17.3 Å². The lowest BCUT2D eigenvalue weighted by Gasteiger charge is -2.32. The quantitative estimate of drug-likeness (QED) is 0.820. The van der Waals surface area contributed by atoms with E-state index in [9.17, 15) is 0 Å². The van der Waals surface area contributed by atoms with Gasteiger partial charge < -0.3 is 15.0 Å². The standard InChI is InChI=1S/C13H23N3OS/c1-16-6-2-3-11(16)9-14-12-15-13(10-18-12)4-7-17-8-5-13/h11H,2-10H2,1H3,(H,14,15). The van der Waals surface area contributed by atoms with Gasteiger partial charge >= 0.3 is 0 Å². The number of amidine groups is 1. The maximum Gasteiger partial charge on any atom is 0.157 e. The molecule has 1 unspecified atom stereocenters. The molecule has 4 nitrogen and oxygen atoms in total. The highest BCUT2D eigenvalue weighted by Crippen LogP contribution is 2.31. The van der Waals surface area contributed by atoms with Crippen molar-refractivity contribution in [1.29, 1.82) is 0 Å². The van der Waals surface area contributed by atoms with Gasteiger partial charge in [0, 0.05) is 25.0 Å². The average molecular weight is 269 g/mol. The number of aliphatic imine (C=N–C) groups is 1. The fourth-order valence-corrected chi connectivity index (χ4v) is 4.25. The molecule has 3 fully saturated rings. The molecule has 0 amide bonds. The molecule has 1 spiro atoms. The maximum absolute atomic E-state index is 5.45. The first-order valence-electron chi connectivity index (χ1n) is 7.01. The summed E-state index contributed by atoms with van der Waals surface area (Å²) >= 11 is 1.90. The number of likely N-dealkylation sites (tertiary alicyclic amines) is 1.